The first kappa shape index (κ1) is 19.3. The van der Waals surface area contributed by atoms with E-state index in [1.807, 2.05) is 4.90 Å². The Hall–Kier alpha value is -1.79. The van der Waals surface area contributed by atoms with Crippen LogP contribution in [0.3, 0.4) is 0 Å². The molecule has 0 bridgehead atoms. The quantitative estimate of drug-likeness (QED) is 0.858. The van der Waals surface area contributed by atoms with E-state index < -0.39 is 5.91 Å². The molecule has 4 N–H and O–H groups in total. The molecule has 2 amide bonds. The maximum atomic E-state index is 12.5. The van der Waals surface area contributed by atoms with Gasteiger partial charge < -0.3 is 21.1 Å². The summed E-state index contributed by atoms with van der Waals surface area (Å²) in [6, 6.07) is 6.83. The SMILES string of the molecule is CC1(C)CN(C(=O)c2ccc(OCC(N)=O)cc2)CCC1N.Cl. The monoisotopic (exact) mass is 341 g/mol. The first-order chi connectivity index (χ1) is 10.3. The van der Waals surface area contributed by atoms with Gasteiger partial charge >= 0.3 is 0 Å². The van der Waals surface area contributed by atoms with Gasteiger partial charge in [-0.25, -0.2) is 0 Å². The number of piperidine rings is 1. The second kappa shape index (κ2) is 7.66. The number of primary amides is 1. The number of carbonyl (C=O) groups is 2. The lowest BCUT2D eigenvalue weighted by Gasteiger charge is -2.42. The molecule has 1 aromatic carbocycles. The summed E-state index contributed by atoms with van der Waals surface area (Å²) in [5.41, 5.74) is 11.6. The average molecular weight is 342 g/mol. The molecule has 7 heteroatoms. The number of amides is 2. The molecule has 2 rings (SSSR count). The molecule has 1 aliphatic rings. The van der Waals surface area contributed by atoms with Gasteiger partial charge in [0.1, 0.15) is 5.75 Å². The molecule has 1 atom stereocenters. The first-order valence-electron chi connectivity index (χ1n) is 7.35. The summed E-state index contributed by atoms with van der Waals surface area (Å²) in [7, 11) is 0. The van der Waals surface area contributed by atoms with Crippen molar-refractivity contribution in [2.75, 3.05) is 19.7 Å². The van der Waals surface area contributed by atoms with Crippen molar-refractivity contribution in [1.29, 1.82) is 0 Å². The highest BCUT2D eigenvalue weighted by Crippen LogP contribution is 2.28. The number of likely N-dealkylation sites (tertiary alicyclic amines) is 1. The molecule has 1 saturated heterocycles. The first-order valence-corrected chi connectivity index (χ1v) is 7.35. The highest BCUT2D eigenvalue weighted by atomic mass is 35.5. The lowest BCUT2D eigenvalue weighted by atomic mass is 9.79. The topological polar surface area (TPSA) is 98.6 Å². The summed E-state index contributed by atoms with van der Waals surface area (Å²) >= 11 is 0. The molecule has 1 aliphatic heterocycles. The van der Waals surface area contributed by atoms with E-state index >= 15 is 0 Å². The highest BCUT2D eigenvalue weighted by Gasteiger charge is 2.35. The van der Waals surface area contributed by atoms with Crippen molar-refractivity contribution >= 4 is 24.2 Å². The number of halogens is 1. The van der Waals surface area contributed by atoms with Crippen molar-refractivity contribution < 1.29 is 14.3 Å². The third-order valence-corrected chi connectivity index (χ3v) is 4.08. The lowest BCUT2D eigenvalue weighted by Crippen LogP contribution is -2.53. The number of nitrogens with zero attached hydrogens (tertiary/aromatic N) is 1. The Kier molecular flexibility index (Phi) is 6.41. The van der Waals surface area contributed by atoms with Crippen molar-refractivity contribution in [3.05, 3.63) is 29.8 Å². The van der Waals surface area contributed by atoms with Gasteiger partial charge in [-0.3, -0.25) is 9.59 Å². The molecule has 1 aromatic rings. The van der Waals surface area contributed by atoms with Crippen molar-refractivity contribution in [1.82, 2.24) is 4.90 Å². The number of rotatable bonds is 4. The molecular formula is C16H24ClN3O3. The Labute approximate surface area is 142 Å². The van der Waals surface area contributed by atoms with Gasteiger partial charge in [0, 0.05) is 24.7 Å². The molecule has 0 saturated carbocycles. The van der Waals surface area contributed by atoms with Gasteiger partial charge in [0.05, 0.1) is 0 Å². The normalized spacial score (nSPS) is 19.6. The molecule has 1 heterocycles. The van der Waals surface area contributed by atoms with Crippen LogP contribution in [0.5, 0.6) is 5.75 Å². The number of nitrogens with two attached hydrogens (primary N) is 2. The number of benzene rings is 1. The summed E-state index contributed by atoms with van der Waals surface area (Å²) in [5.74, 6) is -0.0372. The third-order valence-electron chi connectivity index (χ3n) is 4.08. The highest BCUT2D eigenvalue weighted by molar-refractivity contribution is 5.94. The Morgan fingerprint density at radius 3 is 2.43 bits per heavy atom. The average Bonchev–Trinajstić information content (AvgIpc) is 2.47. The second-order valence-electron chi connectivity index (χ2n) is 6.39. The fraction of sp³-hybridized carbons (Fsp3) is 0.500. The van der Waals surface area contributed by atoms with Crippen LogP contribution >= 0.6 is 12.4 Å². The molecule has 23 heavy (non-hydrogen) atoms. The summed E-state index contributed by atoms with van der Waals surface area (Å²) in [4.78, 5) is 25.0. The van der Waals surface area contributed by atoms with Crippen molar-refractivity contribution in [3.8, 4) is 5.75 Å². The molecular weight excluding hydrogens is 318 g/mol. The minimum atomic E-state index is -0.535. The number of hydrogen-bond acceptors (Lipinski definition) is 4. The number of carbonyl (C=O) groups excluding carboxylic acids is 2. The van der Waals surface area contributed by atoms with Gasteiger partial charge in [-0.2, -0.15) is 0 Å². The summed E-state index contributed by atoms with van der Waals surface area (Å²) in [6.45, 7) is 5.30. The lowest BCUT2D eigenvalue weighted by molar-refractivity contribution is -0.119. The summed E-state index contributed by atoms with van der Waals surface area (Å²) < 4.78 is 5.18. The van der Waals surface area contributed by atoms with Gasteiger partial charge in [-0.15, -0.1) is 12.4 Å². The molecule has 0 aromatic heterocycles. The number of ether oxygens (including phenoxy) is 1. The van der Waals surface area contributed by atoms with E-state index in [1.165, 1.54) is 0 Å². The van der Waals surface area contributed by atoms with E-state index in [0.717, 1.165) is 6.42 Å². The van der Waals surface area contributed by atoms with E-state index in [9.17, 15) is 9.59 Å². The van der Waals surface area contributed by atoms with Gasteiger partial charge in [-0.05, 0) is 36.1 Å². The van der Waals surface area contributed by atoms with Crippen LogP contribution in [-0.2, 0) is 4.79 Å². The third kappa shape index (κ3) is 4.84. The zero-order valence-electron chi connectivity index (χ0n) is 13.5. The Morgan fingerprint density at radius 2 is 1.91 bits per heavy atom. The van der Waals surface area contributed by atoms with E-state index in [2.05, 4.69) is 13.8 Å². The van der Waals surface area contributed by atoms with Crippen molar-refractivity contribution in [3.63, 3.8) is 0 Å². The van der Waals surface area contributed by atoms with E-state index in [0.29, 0.717) is 24.4 Å². The molecule has 0 aliphatic carbocycles. The van der Waals surface area contributed by atoms with Crippen LogP contribution in [0.25, 0.3) is 0 Å². The molecule has 128 valence electrons. The van der Waals surface area contributed by atoms with Crippen molar-refractivity contribution in [2.45, 2.75) is 26.3 Å². The standard InChI is InChI=1S/C16H23N3O3.ClH/c1-16(2)10-19(8-7-13(16)17)15(21)11-3-5-12(6-4-11)22-9-14(18)20;/h3-6,13H,7-10,17H2,1-2H3,(H2,18,20);1H. The minimum Gasteiger partial charge on any atom is -0.484 e. The molecule has 0 spiro atoms. The van der Waals surface area contributed by atoms with Crippen LogP contribution in [0, 0.1) is 5.41 Å². The predicted molar refractivity (Wildman–Crippen MR) is 90.7 cm³/mol. The van der Waals surface area contributed by atoms with E-state index in [-0.39, 0.29) is 36.4 Å². The van der Waals surface area contributed by atoms with Crippen LogP contribution in [0.1, 0.15) is 30.6 Å². The van der Waals surface area contributed by atoms with E-state index in [1.54, 1.807) is 24.3 Å². The zero-order valence-corrected chi connectivity index (χ0v) is 14.3. The largest absolute Gasteiger partial charge is 0.484 e. The Balaban J connectivity index is 0.00000264. The van der Waals surface area contributed by atoms with Crippen LogP contribution < -0.4 is 16.2 Å². The van der Waals surface area contributed by atoms with Crippen LogP contribution in [0.4, 0.5) is 0 Å². The molecule has 1 fully saturated rings. The maximum absolute atomic E-state index is 12.5. The minimum absolute atomic E-state index is 0. The predicted octanol–water partition coefficient (Wildman–Crippen LogP) is 1.17. The second-order valence-corrected chi connectivity index (χ2v) is 6.39. The number of hydrogen-bond donors (Lipinski definition) is 2. The van der Waals surface area contributed by atoms with Crippen LogP contribution in [0.2, 0.25) is 0 Å². The molecule has 1 unspecified atom stereocenters. The van der Waals surface area contributed by atoms with Gasteiger partial charge in [0.2, 0.25) is 0 Å². The van der Waals surface area contributed by atoms with E-state index in [4.69, 9.17) is 16.2 Å². The van der Waals surface area contributed by atoms with Crippen LogP contribution in [0.15, 0.2) is 24.3 Å². The summed E-state index contributed by atoms with van der Waals surface area (Å²) in [5, 5.41) is 0. The zero-order chi connectivity index (χ0) is 16.3. The van der Waals surface area contributed by atoms with Gasteiger partial charge in [0.15, 0.2) is 6.61 Å². The maximum Gasteiger partial charge on any atom is 0.255 e. The molecule has 0 radical (unpaired) electrons. The Bertz CT molecular complexity index is 560. The fourth-order valence-electron chi connectivity index (χ4n) is 2.58. The molecule has 6 nitrogen and oxygen atoms in total. The van der Waals surface area contributed by atoms with Crippen molar-refractivity contribution in [2.24, 2.45) is 16.9 Å². The fourth-order valence-corrected chi connectivity index (χ4v) is 2.58. The summed E-state index contributed by atoms with van der Waals surface area (Å²) in [6.07, 6.45) is 0.804. The van der Waals surface area contributed by atoms with Crippen LogP contribution in [-0.4, -0.2) is 42.5 Å². The van der Waals surface area contributed by atoms with Gasteiger partial charge in [0.25, 0.3) is 11.8 Å². The smallest absolute Gasteiger partial charge is 0.255 e. The van der Waals surface area contributed by atoms with Gasteiger partial charge in [-0.1, -0.05) is 13.8 Å². The Morgan fingerprint density at radius 1 is 1.30 bits per heavy atom.